The van der Waals surface area contributed by atoms with Crippen molar-refractivity contribution in [3.8, 4) is 5.75 Å². The highest BCUT2D eigenvalue weighted by Crippen LogP contribution is 2.30. The maximum Gasteiger partial charge on any atom is 0.420 e. The Balaban J connectivity index is 2.70. The van der Waals surface area contributed by atoms with Crippen molar-refractivity contribution in [2.75, 3.05) is 6.61 Å². The molecule has 1 unspecified atom stereocenters. The molecule has 94 valence electrons. The first-order valence-corrected chi connectivity index (χ1v) is 4.91. The van der Waals surface area contributed by atoms with E-state index >= 15 is 0 Å². The molecule has 0 aliphatic carbocycles. The van der Waals surface area contributed by atoms with Gasteiger partial charge < -0.3 is 9.84 Å². The van der Waals surface area contributed by atoms with Gasteiger partial charge in [0.25, 0.3) is 0 Å². The zero-order valence-corrected chi connectivity index (χ0v) is 9.29. The van der Waals surface area contributed by atoms with E-state index in [-0.39, 0.29) is 5.75 Å². The Bertz CT molecular complexity index is 397. The van der Waals surface area contributed by atoms with E-state index in [9.17, 15) is 13.2 Å². The lowest BCUT2D eigenvalue weighted by Crippen LogP contribution is -2.47. The molecule has 0 saturated carbocycles. The number of benzene rings is 1. The predicted octanol–water partition coefficient (Wildman–Crippen LogP) is 3.02. The summed E-state index contributed by atoms with van der Waals surface area (Å²) in [6.45, 7) is 3.36. The molecule has 0 heterocycles. The SMILES string of the molecule is C=Cc1cccc(OCC(C)(O)C(F)(F)F)c1. The van der Waals surface area contributed by atoms with E-state index in [1.54, 1.807) is 24.3 Å². The normalized spacial score (nSPS) is 15.1. The number of ether oxygens (including phenoxy) is 1. The molecule has 0 saturated heterocycles. The van der Waals surface area contributed by atoms with Crippen LogP contribution in [0.4, 0.5) is 13.2 Å². The van der Waals surface area contributed by atoms with Gasteiger partial charge in [-0.05, 0) is 24.6 Å². The minimum atomic E-state index is -4.72. The Morgan fingerprint density at radius 1 is 1.41 bits per heavy atom. The quantitative estimate of drug-likeness (QED) is 0.884. The Morgan fingerprint density at radius 2 is 2.06 bits per heavy atom. The van der Waals surface area contributed by atoms with E-state index in [1.807, 2.05) is 0 Å². The summed E-state index contributed by atoms with van der Waals surface area (Å²) < 4.78 is 41.9. The van der Waals surface area contributed by atoms with Crippen molar-refractivity contribution >= 4 is 6.08 Å². The lowest BCUT2D eigenvalue weighted by Gasteiger charge is -2.26. The molecule has 0 aliphatic rings. The standard InChI is InChI=1S/C12H13F3O2/c1-3-9-5-4-6-10(7-9)17-8-11(2,16)12(13,14)15/h3-7,16H,1,8H2,2H3. The van der Waals surface area contributed by atoms with Gasteiger partial charge in [-0.25, -0.2) is 0 Å². The number of halogens is 3. The number of rotatable bonds is 4. The van der Waals surface area contributed by atoms with Crippen molar-refractivity contribution in [2.45, 2.75) is 18.7 Å². The minimum absolute atomic E-state index is 0.256. The topological polar surface area (TPSA) is 29.5 Å². The fraction of sp³-hybridized carbons (Fsp3) is 0.333. The molecule has 0 fully saturated rings. The van der Waals surface area contributed by atoms with Crippen LogP contribution in [0, 0.1) is 0 Å². The fourth-order valence-electron chi connectivity index (χ4n) is 1.04. The second-order valence-corrected chi connectivity index (χ2v) is 3.84. The van der Waals surface area contributed by atoms with Gasteiger partial charge in [0, 0.05) is 0 Å². The van der Waals surface area contributed by atoms with Gasteiger partial charge >= 0.3 is 6.18 Å². The van der Waals surface area contributed by atoms with Gasteiger partial charge in [-0.2, -0.15) is 13.2 Å². The highest BCUT2D eigenvalue weighted by Gasteiger charge is 2.50. The average molecular weight is 246 g/mol. The summed E-state index contributed by atoms with van der Waals surface area (Å²) in [4.78, 5) is 0. The van der Waals surface area contributed by atoms with Gasteiger partial charge in [0.1, 0.15) is 12.4 Å². The van der Waals surface area contributed by atoms with Crippen LogP contribution in [-0.2, 0) is 0 Å². The number of hydrogen-bond acceptors (Lipinski definition) is 2. The molecule has 0 aliphatic heterocycles. The summed E-state index contributed by atoms with van der Waals surface area (Å²) in [5, 5.41) is 9.17. The van der Waals surface area contributed by atoms with Crippen molar-refractivity contribution in [1.82, 2.24) is 0 Å². The minimum Gasteiger partial charge on any atom is -0.490 e. The number of aliphatic hydroxyl groups is 1. The van der Waals surface area contributed by atoms with Crippen LogP contribution in [0.3, 0.4) is 0 Å². The lowest BCUT2D eigenvalue weighted by atomic mass is 10.1. The molecule has 17 heavy (non-hydrogen) atoms. The summed E-state index contributed by atoms with van der Waals surface area (Å²) in [5.74, 6) is 0.256. The molecule has 1 aromatic carbocycles. The molecule has 0 aromatic heterocycles. The third kappa shape index (κ3) is 3.49. The van der Waals surface area contributed by atoms with Crippen LogP contribution in [0.5, 0.6) is 5.75 Å². The Morgan fingerprint density at radius 3 is 2.59 bits per heavy atom. The van der Waals surface area contributed by atoms with E-state index in [1.165, 1.54) is 6.07 Å². The molecule has 0 amide bonds. The average Bonchev–Trinajstić information content (AvgIpc) is 2.25. The molecule has 1 N–H and O–H groups in total. The first kappa shape index (κ1) is 13.6. The van der Waals surface area contributed by atoms with Gasteiger partial charge in [-0.1, -0.05) is 24.8 Å². The maximum absolute atomic E-state index is 12.3. The van der Waals surface area contributed by atoms with Crippen LogP contribution < -0.4 is 4.74 Å². The summed E-state index contributed by atoms with van der Waals surface area (Å²) in [5.41, 5.74) is -2.13. The van der Waals surface area contributed by atoms with Gasteiger partial charge in [0.15, 0.2) is 5.60 Å². The monoisotopic (exact) mass is 246 g/mol. The predicted molar refractivity (Wildman–Crippen MR) is 58.7 cm³/mol. The summed E-state index contributed by atoms with van der Waals surface area (Å²) >= 11 is 0. The van der Waals surface area contributed by atoms with Gasteiger partial charge in [0.2, 0.25) is 0 Å². The Kier molecular flexibility index (Phi) is 3.83. The number of alkyl halides is 3. The zero-order valence-electron chi connectivity index (χ0n) is 9.29. The fourth-order valence-corrected chi connectivity index (χ4v) is 1.04. The molecule has 2 nitrogen and oxygen atoms in total. The first-order valence-electron chi connectivity index (χ1n) is 4.91. The lowest BCUT2D eigenvalue weighted by molar-refractivity contribution is -0.260. The largest absolute Gasteiger partial charge is 0.490 e. The van der Waals surface area contributed by atoms with Crippen molar-refractivity contribution in [1.29, 1.82) is 0 Å². The van der Waals surface area contributed by atoms with Crippen molar-refractivity contribution in [3.63, 3.8) is 0 Å². The smallest absolute Gasteiger partial charge is 0.420 e. The summed E-state index contributed by atoms with van der Waals surface area (Å²) in [6, 6.07) is 6.43. The van der Waals surface area contributed by atoms with Crippen LogP contribution in [0.2, 0.25) is 0 Å². The van der Waals surface area contributed by atoms with Crippen LogP contribution in [0.25, 0.3) is 6.08 Å². The second-order valence-electron chi connectivity index (χ2n) is 3.84. The van der Waals surface area contributed by atoms with Gasteiger partial charge in [-0.3, -0.25) is 0 Å². The van der Waals surface area contributed by atoms with Crippen LogP contribution in [0.1, 0.15) is 12.5 Å². The maximum atomic E-state index is 12.3. The highest BCUT2D eigenvalue weighted by molar-refractivity contribution is 5.49. The molecular weight excluding hydrogens is 233 g/mol. The zero-order chi connectivity index (χ0) is 13.1. The van der Waals surface area contributed by atoms with Crippen molar-refractivity contribution in [3.05, 3.63) is 36.4 Å². The van der Waals surface area contributed by atoms with Crippen molar-refractivity contribution < 1.29 is 23.0 Å². The van der Waals surface area contributed by atoms with Crippen LogP contribution in [-0.4, -0.2) is 23.5 Å². The molecule has 0 bridgehead atoms. The van der Waals surface area contributed by atoms with Gasteiger partial charge in [-0.15, -0.1) is 0 Å². The molecule has 1 atom stereocenters. The number of hydrogen-bond donors (Lipinski definition) is 1. The van der Waals surface area contributed by atoms with E-state index in [0.29, 0.717) is 6.92 Å². The van der Waals surface area contributed by atoms with E-state index in [4.69, 9.17) is 9.84 Å². The first-order chi connectivity index (χ1) is 7.76. The molecule has 1 rings (SSSR count). The van der Waals surface area contributed by atoms with E-state index < -0.39 is 18.4 Å². The highest BCUT2D eigenvalue weighted by atomic mass is 19.4. The molecule has 5 heteroatoms. The summed E-state index contributed by atoms with van der Waals surface area (Å²) in [6.07, 6.45) is -3.17. The molecular formula is C12H13F3O2. The summed E-state index contributed by atoms with van der Waals surface area (Å²) in [7, 11) is 0. The van der Waals surface area contributed by atoms with E-state index in [2.05, 4.69) is 6.58 Å². The molecule has 0 radical (unpaired) electrons. The van der Waals surface area contributed by atoms with Crippen molar-refractivity contribution in [2.24, 2.45) is 0 Å². The van der Waals surface area contributed by atoms with Gasteiger partial charge in [0.05, 0.1) is 0 Å². The Hall–Kier alpha value is -1.49. The van der Waals surface area contributed by atoms with E-state index in [0.717, 1.165) is 5.56 Å². The molecule has 0 spiro atoms. The molecule has 1 aromatic rings. The van der Waals surface area contributed by atoms with Crippen LogP contribution >= 0.6 is 0 Å². The van der Waals surface area contributed by atoms with Crippen LogP contribution in [0.15, 0.2) is 30.8 Å². The second kappa shape index (κ2) is 4.79. The third-order valence-corrected chi connectivity index (χ3v) is 2.22. The Labute approximate surface area is 97.3 Å². The third-order valence-electron chi connectivity index (χ3n) is 2.22.